The number of rotatable bonds is 5. The Morgan fingerprint density at radius 1 is 0.774 bits per heavy atom. The number of aryl methyl sites for hydroxylation is 2. The van der Waals surface area contributed by atoms with E-state index >= 15 is 0 Å². The van der Waals surface area contributed by atoms with E-state index in [4.69, 9.17) is 4.74 Å². The molecule has 31 heavy (non-hydrogen) atoms. The van der Waals surface area contributed by atoms with Crippen LogP contribution in [0, 0.1) is 13.8 Å². The van der Waals surface area contributed by atoms with Crippen LogP contribution in [0.15, 0.2) is 65.6 Å². The molecule has 0 aromatic heterocycles. The lowest BCUT2D eigenvalue weighted by Crippen LogP contribution is -2.30. The Morgan fingerprint density at radius 3 is 1.87 bits per heavy atom. The van der Waals surface area contributed by atoms with E-state index in [0.717, 1.165) is 38.2 Å². The summed E-state index contributed by atoms with van der Waals surface area (Å²) in [6, 6.07) is 19.6. The van der Waals surface area contributed by atoms with Crippen LogP contribution in [0.4, 0.5) is 0 Å². The van der Waals surface area contributed by atoms with E-state index < -0.39 is 10.0 Å². The Balaban J connectivity index is 2.20. The first-order valence-electron chi connectivity index (χ1n) is 10.3. The molecule has 0 unspecified atom stereocenters. The van der Waals surface area contributed by atoms with Gasteiger partial charge in [0.2, 0.25) is 10.0 Å². The largest absolute Gasteiger partial charge is 0.496 e. The van der Waals surface area contributed by atoms with Crippen LogP contribution < -0.4 is 9.46 Å². The highest BCUT2D eigenvalue weighted by Gasteiger charge is 2.25. The SMILES string of the molecule is COc1ccc2cc(C)ccc2c1-c1c(S(=O)(=O)NC(C)C)ccc2cc(C)ccc12. The van der Waals surface area contributed by atoms with Gasteiger partial charge in [-0.1, -0.05) is 59.7 Å². The summed E-state index contributed by atoms with van der Waals surface area (Å²) in [5.41, 5.74) is 3.72. The summed E-state index contributed by atoms with van der Waals surface area (Å²) >= 11 is 0. The molecule has 0 saturated carbocycles. The van der Waals surface area contributed by atoms with Gasteiger partial charge in [-0.15, -0.1) is 0 Å². The first kappa shape index (κ1) is 21.3. The predicted octanol–water partition coefficient (Wildman–Crippen LogP) is 5.97. The molecular weight excluding hydrogens is 406 g/mol. The van der Waals surface area contributed by atoms with Crippen molar-refractivity contribution in [3.63, 3.8) is 0 Å². The Morgan fingerprint density at radius 2 is 1.32 bits per heavy atom. The summed E-state index contributed by atoms with van der Waals surface area (Å²) in [5, 5.41) is 3.87. The van der Waals surface area contributed by atoms with Crippen molar-refractivity contribution in [1.29, 1.82) is 0 Å². The van der Waals surface area contributed by atoms with Crippen molar-refractivity contribution >= 4 is 31.6 Å². The van der Waals surface area contributed by atoms with E-state index in [1.54, 1.807) is 13.2 Å². The van der Waals surface area contributed by atoms with E-state index in [-0.39, 0.29) is 10.9 Å². The summed E-state index contributed by atoms with van der Waals surface area (Å²) in [7, 11) is -2.13. The first-order valence-corrected chi connectivity index (χ1v) is 11.8. The molecule has 0 aliphatic carbocycles. The smallest absolute Gasteiger partial charge is 0.241 e. The number of benzene rings is 4. The summed E-state index contributed by atoms with van der Waals surface area (Å²) in [6.45, 7) is 7.73. The van der Waals surface area contributed by atoms with Crippen molar-refractivity contribution in [3.05, 3.63) is 71.8 Å². The minimum Gasteiger partial charge on any atom is -0.496 e. The Labute approximate surface area is 183 Å². The average Bonchev–Trinajstić information content (AvgIpc) is 2.70. The van der Waals surface area contributed by atoms with Gasteiger partial charge in [0, 0.05) is 17.2 Å². The molecule has 4 nitrogen and oxygen atoms in total. The second-order valence-electron chi connectivity index (χ2n) is 8.31. The fraction of sp³-hybridized carbons (Fsp3) is 0.231. The molecule has 0 amide bonds. The molecule has 5 heteroatoms. The summed E-state index contributed by atoms with van der Waals surface area (Å²) in [6.07, 6.45) is 0. The molecule has 0 spiro atoms. The monoisotopic (exact) mass is 433 g/mol. The zero-order valence-electron chi connectivity index (χ0n) is 18.5. The zero-order valence-corrected chi connectivity index (χ0v) is 19.3. The number of ether oxygens (including phenoxy) is 1. The summed E-state index contributed by atoms with van der Waals surface area (Å²) < 4.78 is 35.3. The maximum atomic E-state index is 13.4. The third-order valence-corrected chi connectivity index (χ3v) is 7.13. The fourth-order valence-electron chi connectivity index (χ4n) is 4.14. The van der Waals surface area contributed by atoms with Gasteiger partial charge in [-0.25, -0.2) is 13.1 Å². The van der Waals surface area contributed by atoms with Crippen molar-refractivity contribution in [3.8, 4) is 16.9 Å². The zero-order chi connectivity index (χ0) is 22.3. The molecule has 0 fully saturated rings. The van der Waals surface area contributed by atoms with Crippen molar-refractivity contribution < 1.29 is 13.2 Å². The number of sulfonamides is 1. The molecular formula is C26H27NO3S. The number of nitrogens with one attached hydrogen (secondary N) is 1. The molecule has 0 aliphatic heterocycles. The second kappa shape index (κ2) is 7.98. The van der Waals surface area contributed by atoms with Crippen LogP contribution in [-0.4, -0.2) is 21.6 Å². The minimum absolute atomic E-state index is 0.219. The van der Waals surface area contributed by atoms with Gasteiger partial charge >= 0.3 is 0 Å². The molecule has 4 rings (SSSR count). The minimum atomic E-state index is -3.75. The molecule has 4 aromatic carbocycles. The molecule has 0 heterocycles. The topological polar surface area (TPSA) is 55.4 Å². The molecule has 160 valence electrons. The Hall–Kier alpha value is -2.89. The Bertz CT molecular complexity index is 1410. The molecule has 0 saturated heterocycles. The third-order valence-electron chi connectivity index (χ3n) is 5.42. The van der Waals surface area contributed by atoms with Gasteiger partial charge < -0.3 is 4.74 Å². The van der Waals surface area contributed by atoms with E-state index in [1.165, 1.54) is 0 Å². The van der Waals surface area contributed by atoms with Gasteiger partial charge in [0.1, 0.15) is 5.75 Å². The van der Waals surface area contributed by atoms with Gasteiger partial charge in [-0.3, -0.25) is 0 Å². The highest BCUT2D eigenvalue weighted by molar-refractivity contribution is 7.89. The third kappa shape index (κ3) is 3.91. The van der Waals surface area contributed by atoms with Gasteiger partial charge in [-0.2, -0.15) is 0 Å². The second-order valence-corrected chi connectivity index (χ2v) is 9.99. The molecule has 0 radical (unpaired) electrons. The lowest BCUT2D eigenvalue weighted by Gasteiger charge is -2.20. The number of hydrogen-bond acceptors (Lipinski definition) is 3. The maximum absolute atomic E-state index is 13.4. The molecule has 1 N–H and O–H groups in total. The number of methoxy groups -OCH3 is 1. The van der Waals surface area contributed by atoms with Crippen LogP contribution in [0.3, 0.4) is 0 Å². The van der Waals surface area contributed by atoms with Gasteiger partial charge in [0.15, 0.2) is 0 Å². The van der Waals surface area contributed by atoms with Crippen molar-refractivity contribution in [2.75, 3.05) is 7.11 Å². The van der Waals surface area contributed by atoms with Crippen LogP contribution >= 0.6 is 0 Å². The van der Waals surface area contributed by atoms with Gasteiger partial charge in [0.25, 0.3) is 0 Å². The Kier molecular flexibility index (Phi) is 5.50. The lowest BCUT2D eigenvalue weighted by molar-refractivity contribution is 0.417. The van der Waals surface area contributed by atoms with Crippen LogP contribution in [0.25, 0.3) is 32.7 Å². The highest BCUT2D eigenvalue weighted by atomic mass is 32.2. The van der Waals surface area contributed by atoms with Crippen LogP contribution in [0.1, 0.15) is 25.0 Å². The van der Waals surface area contributed by atoms with Crippen molar-refractivity contribution in [2.45, 2.75) is 38.6 Å². The first-order chi connectivity index (χ1) is 14.7. The molecule has 4 aromatic rings. The van der Waals surface area contributed by atoms with Crippen LogP contribution in [0.2, 0.25) is 0 Å². The van der Waals surface area contributed by atoms with Crippen LogP contribution in [-0.2, 0) is 10.0 Å². The fourth-order valence-corrected chi connectivity index (χ4v) is 5.62. The normalized spacial score (nSPS) is 12.1. The van der Waals surface area contributed by atoms with E-state index in [9.17, 15) is 8.42 Å². The van der Waals surface area contributed by atoms with Crippen molar-refractivity contribution in [2.24, 2.45) is 0 Å². The molecule has 0 aliphatic rings. The van der Waals surface area contributed by atoms with Gasteiger partial charge in [-0.05, 0) is 61.4 Å². The molecule has 0 atom stereocenters. The van der Waals surface area contributed by atoms with E-state index in [1.807, 2.05) is 70.2 Å². The maximum Gasteiger partial charge on any atom is 0.241 e. The van der Waals surface area contributed by atoms with Crippen LogP contribution in [0.5, 0.6) is 5.75 Å². The average molecular weight is 434 g/mol. The number of fused-ring (bicyclic) bond motifs is 2. The molecule has 0 bridgehead atoms. The quantitative estimate of drug-likeness (QED) is 0.422. The lowest BCUT2D eigenvalue weighted by atomic mass is 9.92. The highest BCUT2D eigenvalue weighted by Crippen LogP contribution is 2.44. The number of hydrogen-bond donors (Lipinski definition) is 1. The predicted molar refractivity (Wildman–Crippen MR) is 128 cm³/mol. The summed E-state index contributed by atoms with van der Waals surface area (Å²) in [4.78, 5) is 0.254. The van der Waals surface area contributed by atoms with Gasteiger partial charge in [0.05, 0.1) is 12.0 Å². The van der Waals surface area contributed by atoms with E-state index in [0.29, 0.717) is 11.3 Å². The standard InChI is InChI=1S/C26H27NO3S/c1-16(2)27-31(28,29)24-13-9-20-15-18(4)7-11-22(20)26(24)25-21-10-6-17(3)14-19(21)8-12-23(25)30-5/h6-16,27H,1-5H3. The summed E-state index contributed by atoms with van der Waals surface area (Å²) in [5.74, 6) is 0.644. The van der Waals surface area contributed by atoms with Crippen molar-refractivity contribution in [1.82, 2.24) is 4.72 Å². The van der Waals surface area contributed by atoms with E-state index in [2.05, 4.69) is 16.9 Å².